The van der Waals surface area contributed by atoms with Crippen LogP contribution in [0.5, 0.6) is 0 Å². The van der Waals surface area contributed by atoms with E-state index in [0.717, 1.165) is 5.69 Å². The molecule has 0 saturated carbocycles. The van der Waals surface area contributed by atoms with E-state index >= 15 is 0 Å². The number of nitrogens with zero attached hydrogens (tertiary/aromatic N) is 1. The molecule has 2 rings (SSSR count). The van der Waals surface area contributed by atoms with Gasteiger partial charge in [-0.15, -0.1) is 0 Å². The Bertz CT molecular complexity index is 626. The van der Waals surface area contributed by atoms with Crippen molar-refractivity contribution in [1.29, 1.82) is 0 Å². The highest BCUT2D eigenvalue weighted by Crippen LogP contribution is 2.07. The molecule has 2 N–H and O–H groups in total. The van der Waals surface area contributed by atoms with Gasteiger partial charge in [0.2, 0.25) is 0 Å². The highest BCUT2D eigenvalue weighted by molar-refractivity contribution is 7.80. The van der Waals surface area contributed by atoms with E-state index in [2.05, 4.69) is 15.8 Å². The topological polar surface area (TPSA) is 36.4 Å². The van der Waals surface area contributed by atoms with Crippen LogP contribution < -0.4 is 10.7 Å². The SMILES string of the molecule is C/C(=N\NC(=S)Nc1ccccc1)c1ccccc1F. The van der Waals surface area contributed by atoms with Crippen LogP contribution >= 0.6 is 12.2 Å². The lowest BCUT2D eigenvalue weighted by Gasteiger charge is -2.08. The Balaban J connectivity index is 1.99. The van der Waals surface area contributed by atoms with Gasteiger partial charge in [-0.3, -0.25) is 5.43 Å². The van der Waals surface area contributed by atoms with Crippen LogP contribution in [0.25, 0.3) is 0 Å². The van der Waals surface area contributed by atoms with Gasteiger partial charge in [-0.25, -0.2) is 4.39 Å². The third-order valence-corrected chi connectivity index (χ3v) is 2.81. The van der Waals surface area contributed by atoms with Crippen molar-refractivity contribution in [2.75, 3.05) is 5.32 Å². The van der Waals surface area contributed by atoms with Crippen LogP contribution in [0.15, 0.2) is 59.7 Å². The fourth-order valence-electron chi connectivity index (χ4n) is 1.63. The second-order valence-corrected chi connectivity index (χ2v) is 4.52. The molecule has 0 bridgehead atoms. The van der Waals surface area contributed by atoms with Gasteiger partial charge < -0.3 is 5.32 Å². The molecular weight excluding hydrogens is 273 g/mol. The molecule has 2 aromatic carbocycles. The molecule has 0 fully saturated rings. The third kappa shape index (κ3) is 3.86. The summed E-state index contributed by atoms with van der Waals surface area (Å²) in [5, 5.41) is 7.41. The van der Waals surface area contributed by atoms with Gasteiger partial charge in [0.1, 0.15) is 5.82 Å². The minimum absolute atomic E-state index is 0.308. The molecule has 5 heteroatoms. The molecular formula is C15H14FN3S. The van der Waals surface area contributed by atoms with Crippen LogP contribution in [-0.4, -0.2) is 10.8 Å². The summed E-state index contributed by atoms with van der Waals surface area (Å²) in [6.45, 7) is 1.72. The molecule has 0 spiro atoms. The van der Waals surface area contributed by atoms with Gasteiger partial charge >= 0.3 is 0 Å². The van der Waals surface area contributed by atoms with Gasteiger partial charge in [0.15, 0.2) is 5.11 Å². The molecule has 3 nitrogen and oxygen atoms in total. The van der Waals surface area contributed by atoms with Crippen LogP contribution in [0.1, 0.15) is 12.5 Å². The first-order chi connectivity index (χ1) is 9.66. The summed E-state index contributed by atoms with van der Waals surface area (Å²) in [6.07, 6.45) is 0. The van der Waals surface area contributed by atoms with Gasteiger partial charge in [-0.05, 0) is 37.3 Å². The van der Waals surface area contributed by atoms with E-state index in [0.29, 0.717) is 16.4 Å². The first-order valence-corrected chi connectivity index (χ1v) is 6.49. The summed E-state index contributed by atoms with van der Waals surface area (Å²) >= 11 is 5.11. The quantitative estimate of drug-likeness (QED) is 0.515. The van der Waals surface area contributed by atoms with Gasteiger partial charge in [-0.2, -0.15) is 5.10 Å². The van der Waals surface area contributed by atoms with Crippen LogP contribution in [-0.2, 0) is 0 Å². The molecule has 0 aromatic heterocycles. The molecule has 0 aliphatic carbocycles. The van der Waals surface area contributed by atoms with E-state index < -0.39 is 0 Å². The Morgan fingerprint density at radius 3 is 2.40 bits per heavy atom. The monoisotopic (exact) mass is 287 g/mol. The standard InChI is InChI=1S/C15H14FN3S/c1-11(13-9-5-6-10-14(13)16)18-19-15(20)17-12-7-3-2-4-8-12/h2-10H,1H3,(H2,17,19,20)/b18-11+. The zero-order valence-corrected chi connectivity index (χ0v) is 11.7. The van der Waals surface area contributed by atoms with Crippen molar-refractivity contribution in [3.05, 3.63) is 66.0 Å². The number of nitrogens with one attached hydrogen (secondary N) is 2. The van der Waals surface area contributed by atoms with E-state index in [-0.39, 0.29) is 5.82 Å². The molecule has 0 heterocycles. The minimum Gasteiger partial charge on any atom is -0.331 e. The molecule has 0 aliphatic rings. The molecule has 0 aliphatic heterocycles. The second-order valence-electron chi connectivity index (χ2n) is 4.11. The highest BCUT2D eigenvalue weighted by atomic mass is 32.1. The third-order valence-electron chi connectivity index (χ3n) is 2.62. The number of rotatable bonds is 3. The lowest BCUT2D eigenvalue weighted by atomic mass is 10.1. The summed E-state index contributed by atoms with van der Waals surface area (Å²) in [5.41, 5.74) is 4.54. The van der Waals surface area contributed by atoms with Crippen LogP contribution in [0.3, 0.4) is 0 Å². The van der Waals surface area contributed by atoms with E-state index in [1.807, 2.05) is 30.3 Å². The summed E-state index contributed by atoms with van der Waals surface area (Å²) in [7, 11) is 0. The number of thiocarbonyl (C=S) groups is 1. The lowest BCUT2D eigenvalue weighted by molar-refractivity contribution is 0.625. The fraction of sp³-hybridized carbons (Fsp3) is 0.0667. The molecule has 2 aromatic rings. The predicted octanol–water partition coefficient (Wildman–Crippen LogP) is 3.54. The Kier molecular flexibility index (Phi) is 4.79. The molecule has 0 saturated heterocycles. The maximum Gasteiger partial charge on any atom is 0.191 e. The smallest absolute Gasteiger partial charge is 0.191 e. The van der Waals surface area contributed by atoms with E-state index in [1.165, 1.54) is 6.07 Å². The van der Waals surface area contributed by atoms with Crippen LogP contribution in [0.4, 0.5) is 10.1 Å². The average Bonchev–Trinajstić information content (AvgIpc) is 2.46. The molecule has 0 unspecified atom stereocenters. The van der Waals surface area contributed by atoms with Gasteiger partial charge in [-0.1, -0.05) is 36.4 Å². The number of hydrogen-bond donors (Lipinski definition) is 2. The van der Waals surface area contributed by atoms with E-state index in [1.54, 1.807) is 25.1 Å². The number of hydrazone groups is 1. The molecule has 0 radical (unpaired) electrons. The summed E-state index contributed by atoms with van der Waals surface area (Å²) < 4.78 is 13.6. The average molecular weight is 287 g/mol. The fourth-order valence-corrected chi connectivity index (χ4v) is 1.79. The van der Waals surface area contributed by atoms with Crippen molar-refractivity contribution in [1.82, 2.24) is 5.43 Å². The number of halogens is 1. The van der Waals surface area contributed by atoms with Crippen molar-refractivity contribution >= 4 is 28.7 Å². The Labute approximate surface area is 122 Å². The summed E-state index contributed by atoms with van der Waals surface area (Å²) in [5.74, 6) is -0.308. The maximum absolute atomic E-state index is 13.6. The van der Waals surface area contributed by atoms with E-state index in [4.69, 9.17) is 12.2 Å². The first-order valence-electron chi connectivity index (χ1n) is 6.08. The van der Waals surface area contributed by atoms with Crippen LogP contribution in [0, 0.1) is 5.82 Å². The van der Waals surface area contributed by atoms with Crippen molar-refractivity contribution in [3.63, 3.8) is 0 Å². The van der Waals surface area contributed by atoms with Crippen molar-refractivity contribution in [2.24, 2.45) is 5.10 Å². The maximum atomic E-state index is 13.6. The van der Waals surface area contributed by atoms with Crippen molar-refractivity contribution < 1.29 is 4.39 Å². The summed E-state index contributed by atoms with van der Waals surface area (Å²) in [4.78, 5) is 0. The highest BCUT2D eigenvalue weighted by Gasteiger charge is 2.04. The Morgan fingerprint density at radius 2 is 1.70 bits per heavy atom. The number of benzene rings is 2. The number of anilines is 1. The van der Waals surface area contributed by atoms with Gasteiger partial charge in [0, 0.05) is 11.3 Å². The molecule has 20 heavy (non-hydrogen) atoms. The normalized spacial score (nSPS) is 11.0. The number of para-hydroxylation sites is 1. The molecule has 0 amide bonds. The van der Waals surface area contributed by atoms with Gasteiger partial charge in [0.05, 0.1) is 5.71 Å². The zero-order chi connectivity index (χ0) is 14.4. The van der Waals surface area contributed by atoms with Crippen molar-refractivity contribution in [2.45, 2.75) is 6.92 Å². The minimum atomic E-state index is -0.308. The summed E-state index contributed by atoms with van der Waals surface area (Å²) in [6, 6.07) is 16.0. The lowest BCUT2D eigenvalue weighted by Crippen LogP contribution is -2.25. The Hall–Kier alpha value is -2.27. The predicted molar refractivity (Wildman–Crippen MR) is 84.4 cm³/mol. The first kappa shape index (κ1) is 14.1. The van der Waals surface area contributed by atoms with Crippen LogP contribution in [0.2, 0.25) is 0 Å². The Morgan fingerprint density at radius 1 is 1.05 bits per heavy atom. The van der Waals surface area contributed by atoms with Crippen molar-refractivity contribution in [3.8, 4) is 0 Å². The number of hydrogen-bond acceptors (Lipinski definition) is 2. The largest absolute Gasteiger partial charge is 0.331 e. The molecule has 0 atom stereocenters. The van der Waals surface area contributed by atoms with E-state index in [9.17, 15) is 4.39 Å². The zero-order valence-electron chi connectivity index (χ0n) is 10.9. The molecule has 102 valence electrons. The van der Waals surface area contributed by atoms with Gasteiger partial charge in [0.25, 0.3) is 0 Å². The second kappa shape index (κ2) is 6.77.